The highest BCUT2D eigenvalue weighted by atomic mass is 16.5. The molecule has 0 aliphatic heterocycles. The second-order valence-corrected chi connectivity index (χ2v) is 7.39. The van der Waals surface area contributed by atoms with Crippen LogP contribution in [0.15, 0.2) is 17.1 Å². The van der Waals surface area contributed by atoms with E-state index < -0.39 is 6.10 Å². The Hall–Kier alpha value is -1.39. The van der Waals surface area contributed by atoms with Gasteiger partial charge >= 0.3 is 0 Å². The Morgan fingerprint density at radius 1 is 1.17 bits per heavy atom. The lowest BCUT2D eigenvalue weighted by Crippen LogP contribution is -2.43. The number of aryl methyl sites for hydroxylation is 1. The number of hydrogen-bond acceptors (Lipinski definition) is 4. The number of aliphatic hydroxyl groups is 1. The van der Waals surface area contributed by atoms with Crippen LogP contribution < -0.4 is 10.1 Å². The van der Waals surface area contributed by atoms with Gasteiger partial charge in [0, 0.05) is 35.0 Å². The molecule has 0 saturated carbocycles. The summed E-state index contributed by atoms with van der Waals surface area (Å²) in [6, 6.07) is 4.77. The largest absolute Gasteiger partial charge is 0.491 e. The normalized spacial score (nSPS) is 18.3. The van der Waals surface area contributed by atoms with E-state index in [4.69, 9.17) is 9.73 Å². The lowest BCUT2D eigenvalue weighted by atomic mass is 10.0. The van der Waals surface area contributed by atoms with Gasteiger partial charge in [-0.05, 0) is 52.2 Å². The second kappa shape index (κ2) is 8.13. The van der Waals surface area contributed by atoms with Crippen molar-refractivity contribution in [3.8, 4) is 5.75 Å². The maximum absolute atomic E-state index is 10.3. The van der Waals surface area contributed by atoms with E-state index in [2.05, 4.69) is 46.0 Å². The Balaban J connectivity index is 2.12. The Bertz CT molecular complexity index is 594. The van der Waals surface area contributed by atoms with Crippen molar-refractivity contribution in [1.29, 1.82) is 0 Å². The van der Waals surface area contributed by atoms with Crippen LogP contribution in [0.3, 0.4) is 0 Å². The smallest absolute Gasteiger partial charge is 0.123 e. The van der Waals surface area contributed by atoms with Crippen LogP contribution in [-0.4, -0.2) is 41.7 Å². The Kier molecular flexibility index (Phi) is 6.41. The summed E-state index contributed by atoms with van der Waals surface area (Å²) in [6.45, 7) is 12.8. The van der Waals surface area contributed by atoms with Crippen LogP contribution in [0.4, 0.5) is 0 Å². The van der Waals surface area contributed by atoms with Crippen LogP contribution in [-0.2, 0) is 6.42 Å². The van der Waals surface area contributed by atoms with Gasteiger partial charge in [0.1, 0.15) is 18.5 Å². The highest BCUT2D eigenvalue weighted by Crippen LogP contribution is 2.34. The minimum absolute atomic E-state index is 0.00145. The van der Waals surface area contributed by atoms with Crippen LogP contribution >= 0.6 is 0 Å². The van der Waals surface area contributed by atoms with Gasteiger partial charge < -0.3 is 15.2 Å². The van der Waals surface area contributed by atoms with Gasteiger partial charge in [-0.3, -0.25) is 4.99 Å². The molecule has 0 heterocycles. The van der Waals surface area contributed by atoms with Gasteiger partial charge in [-0.15, -0.1) is 0 Å². The van der Waals surface area contributed by atoms with E-state index in [0.717, 1.165) is 18.6 Å². The molecule has 2 rings (SSSR count). The number of fused-ring (bicyclic) bond motifs is 1. The summed E-state index contributed by atoms with van der Waals surface area (Å²) in [5.41, 5.74) is 4.94. The average Bonchev–Trinajstić information content (AvgIpc) is 2.89. The van der Waals surface area contributed by atoms with Crippen molar-refractivity contribution >= 4 is 5.71 Å². The lowest BCUT2D eigenvalue weighted by Gasteiger charge is -2.23. The fourth-order valence-electron chi connectivity index (χ4n) is 3.30. The van der Waals surface area contributed by atoms with Gasteiger partial charge in [0.25, 0.3) is 0 Å². The van der Waals surface area contributed by atoms with E-state index >= 15 is 0 Å². The maximum atomic E-state index is 10.3. The van der Waals surface area contributed by atoms with Crippen molar-refractivity contribution in [2.45, 2.75) is 78.6 Å². The molecule has 4 heteroatoms. The van der Waals surface area contributed by atoms with Crippen molar-refractivity contribution in [1.82, 2.24) is 5.32 Å². The lowest BCUT2D eigenvalue weighted by molar-refractivity contribution is 0.0755. The molecule has 2 atom stereocenters. The zero-order valence-corrected chi connectivity index (χ0v) is 15.9. The minimum Gasteiger partial charge on any atom is -0.491 e. The number of nitrogens with one attached hydrogen (secondary N) is 1. The molecular weight excluding hydrogens is 300 g/mol. The Morgan fingerprint density at radius 2 is 1.88 bits per heavy atom. The number of ether oxygens (including phenoxy) is 1. The molecule has 0 aromatic heterocycles. The Labute approximate surface area is 146 Å². The average molecular weight is 332 g/mol. The van der Waals surface area contributed by atoms with E-state index in [0.29, 0.717) is 18.7 Å². The van der Waals surface area contributed by atoms with E-state index in [1.807, 2.05) is 13.0 Å². The topological polar surface area (TPSA) is 53.9 Å². The van der Waals surface area contributed by atoms with Gasteiger partial charge in [-0.25, -0.2) is 0 Å². The van der Waals surface area contributed by atoms with E-state index in [9.17, 15) is 5.11 Å². The number of rotatable bonds is 7. The summed E-state index contributed by atoms with van der Waals surface area (Å²) in [4.78, 5) is 4.78. The summed E-state index contributed by atoms with van der Waals surface area (Å²) in [7, 11) is 0. The van der Waals surface area contributed by atoms with Gasteiger partial charge in [-0.2, -0.15) is 0 Å². The molecule has 0 spiro atoms. The maximum Gasteiger partial charge on any atom is 0.123 e. The van der Waals surface area contributed by atoms with E-state index in [1.165, 1.54) is 22.4 Å². The van der Waals surface area contributed by atoms with Crippen molar-refractivity contribution in [2.24, 2.45) is 4.99 Å². The molecule has 1 aromatic rings. The summed E-state index contributed by atoms with van der Waals surface area (Å²) in [5.74, 6) is 0.889. The van der Waals surface area contributed by atoms with Crippen molar-refractivity contribution in [2.75, 3.05) is 6.61 Å². The molecule has 1 aliphatic carbocycles. The molecule has 0 bridgehead atoms. The van der Waals surface area contributed by atoms with Crippen LogP contribution in [0.25, 0.3) is 0 Å². The molecule has 1 aromatic carbocycles. The van der Waals surface area contributed by atoms with Crippen LogP contribution in [0.2, 0.25) is 0 Å². The summed E-state index contributed by atoms with van der Waals surface area (Å²) in [5, 5.41) is 13.6. The molecule has 0 radical (unpaired) electrons. The first-order chi connectivity index (χ1) is 11.3. The van der Waals surface area contributed by atoms with Gasteiger partial charge in [0.2, 0.25) is 0 Å². The second-order valence-electron chi connectivity index (χ2n) is 7.39. The van der Waals surface area contributed by atoms with Gasteiger partial charge in [0.05, 0.1) is 0 Å². The molecule has 134 valence electrons. The molecule has 0 amide bonds. The van der Waals surface area contributed by atoms with Crippen molar-refractivity contribution in [3.63, 3.8) is 0 Å². The third kappa shape index (κ3) is 4.58. The van der Waals surface area contributed by atoms with Crippen molar-refractivity contribution in [3.05, 3.63) is 28.8 Å². The SMILES string of the molecule is Cc1ccc(OC[C@@H](O)[C@H](C)NC(C)C)c2c1C(=NC(C)C)CC2. The zero-order valence-electron chi connectivity index (χ0n) is 15.9. The summed E-state index contributed by atoms with van der Waals surface area (Å²) < 4.78 is 5.98. The molecular formula is C20H32N2O2. The van der Waals surface area contributed by atoms with E-state index in [-0.39, 0.29) is 6.04 Å². The van der Waals surface area contributed by atoms with Gasteiger partial charge in [-0.1, -0.05) is 19.9 Å². The first-order valence-electron chi connectivity index (χ1n) is 9.06. The number of hydrogen-bond donors (Lipinski definition) is 2. The van der Waals surface area contributed by atoms with Crippen LogP contribution in [0.1, 0.15) is 57.7 Å². The highest BCUT2D eigenvalue weighted by molar-refractivity contribution is 6.06. The first-order valence-corrected chi connectivity index (χ1v) is 9.06. The predicted molar refractivity (Wildman–Crippen MR) is 100 cm³/mol. The van der Waals surface area contributed by atoms with Crippen LogP contribution in [0, 0.1) is 6.92 Å². The summed E-state index contributed by atoms with van der Waals surface area (Å²) in [6.07, 6.45) is 1.41. The Morgan fingerprint density at radius 3 is 2.50 bits per heavy atom. The minimum atomic E-state index is -0.533. The third-order valence-electron chi connectivity index (χ3n) is 4.38. The monoisotopic (exact) mass is 332 g/mol. The standard InChI is InChI=1S/C20H32N2O2/c1-12(2)21-15(6)18(23)11-24-19-10-7-14(5)20-16(19)8-9-17(20)22-13(3)4/h7,10,12-13,15,18,21,23H,8-9,11H2,1-6H3/t15-,18+/m0/s1. The van der Waals surface area contributed by atoms with Crippen LogP contribution in [0.5, 0.6) is 5.75 Å². The quantitative estimate of drug-likeness (QED) is 0.806. The van der Waals surface area contributed by atoms with E-state index in [1.54, 1.807) is 0 Å². The fraction of sp³-hybridized carbons (Fsp3) is 0.650. The molecule has 2 N–H and O–H groups in total. The molecule has 4 nitrogen and oxygen atoms in total. The number of benzene rings is 1. The predicted octanol–water partition coefficient (Wildman–Crippen LogP) is 3.26. The first kappa shape index (κ1) is 18.9. The third-order valence-corrected chi connectivity index (χ3v) is 4.38. The fourth-order valence-corrected chi connectivity index (χ4v) is 3.30. The molecule has 24 heavy (non-hydrogen) atoms. The number of aliphatic hydroxyl groups excluding tert-OH is 1. The zero-order chi connectivity index (χ0) is 17.9. The highest BCUT2D eigenvalue weighted by Gasteiger charge is 2.24. The summed E-state index contributed by atoms with van der Waals surface area (Å²) >= 11 is 0. The molecule has 0 unspecified atom stereocenters. The number of nitrogens with zero attached hydrogens (tertiary/aromatic N) is 1. The number of aliphatic imine (C=N–C) groups is 1. The molecule has 1 aliphatic rings. The van der Waals surface area contributed by atoms with Crippen molar-refractivity contribution < 1.29 is 9.84 Å². The van der Waals surface area contributed by atoms with Gasteiger partial charge in [0.15, 0.2) is 0 Å². The molecule has 0 fully saturated rings. The molecule has 0 saturated heterocycles.